The van der Waals surface area contributed by atoms with Crippen LogP contribution in [0.15, 0.2) is 66.7 Å². The molecule has 0 radical (unpaired) electrons. The van der Waals surface area contributed by atoms with Gasteiger partial charge in [0, 0.05) is 18.7 Å². The molecule has 0 aromatic heterocycles. The molecule has 0 heterocycles. The molecule has 0 saturated heterocycles. The van der Waals surface area contributed by atoms with Gasteiger partial charge < -0.3 is 14.8 Å². The van der Waals surface area contributed by atoms with Gasteiger partial charge in [0.05, 0.1) is 12.1 Å². The van der Waals surface area contributed by atoms with Crippen LogP contribution < -0.4 is 14.8 Å². The van der Waals surface area contributed by atoms with Gasteiger partial charge in [0.15, 0.2) is 11.5 Å². The first kappa shape index (κ1) is 19.2. The van der Waals surface area contributed by atoms with Crippen molar-refractivity contribution in [3.05, 3.63) is 94.3 Å². The summed E-state index contributed by atoms with van der Waals surface area (Å²) in [5, 5.41) is 3.81. The van der Waals surface area contributed by atoms with Gasteiger partial charge in [-0.05, 0) is 29.3 Å². The monoisotopic (exact) mass is 385 g/mol. The minimum Gasteiger partial charge on any atom is -0.493 e. The van der Waals surface area contributed by atoms with E-state index in [-0.39, 0.29) is 12.4 Å². The zero-order valence-corrected chi connectivity index (χ0v) is 15.8. The fourth-order valence-electron chi connectivity index (χ4n) is 2.73. The van der Waals surface area contributed by atoms with Gasteiger partial charge in [-0.2, -0.15) is 0 Å². The van der Waals surface area contributed by atoms with Crippen molar-refractivity contribution in [1.82, 2.24) is 5.32 Å². The van der Waals surface area contributed by atoms with Crippen LogP contribution in [-0.4, -0.2) is 7.11 Å². The first-order chi connectivity index (χ1) is 13.2. The Labute approximate surface area is 163 Å². The van der Waals surface area contributed by atoms with Crippen molar-refractivity contribution in [2.45, 2.75) is 19.7 Å². The summed E-state index contributed by atoms with van der Waals surface area (Å²) in [5.74, 6) is 0.624. The van der Waals surface area contributed by atoms with E-state index in [2.05, 4.69) is 17.4 Å². The standard InChI is InChI=1S/C22H21ClFNO2/c1-26-21-12-17(14-25-13-16-7-3-2-4-8-16)11-19(23)22(21)27-15-18-9-5-6-10-20(18)24/h2-12,25H,13-15H2,1H3. The third kappa shape index (κ3) is 5.22. The summed E-state index contributed by atoms with van der Waals surface area (Å²) in [6.45, 7) is 1.47. The maximum Gasteiger partial charge on any atom is 0.180 e. The fraction of sp³-hybridized carbons (Fsp3) is 0.182. The Bertz CT molecular complexity index is 887. The van der Waals surface area contributed by atoms with E-state index >= 15 is 0 Å². The maximum absolute atomic E-state index is 13.8. The van der Waals surface area contributed by atoms with Crippen LogP contribution in [0.5, 0.6) is 11.5 Å². The first-order valence-electron chi connectivity index (χ1n) is 8.64. The smallest absolute Gasteiger partial charge is 0.180 e. The summed E-state index contributed by atoms with van der Waals surface area (Å²) in [4.78, 5) is 0. The molecular weight excluding hydrogens is 365 g/mol. The number of halogens is 2. The second kappa shape index (κ2) is 9.40. The second-order valence-electron chi connectivity index (χ2n) is 6.08. The van der Waals surface area contributed by atoms with Crippen LogP contribution in [0.25, 0.3) is 0 Å². The predicted molar refractivity (Wildman–Crippen MR) is 106 cm³/mol. The molecule has 0 fully saturated rings. The van der Waals surface area contributed by atoms with E-state index in [1.165, 1.54) is 11.6 Å². The highest BCUT2D eigenvalue weighted by Gasteiger charge is 2.13. The Kier molecular flexibility index (Phi) is 6.69. The number of nitrogens with one attached hydrogen (secondary N) is 1. The highest BCUT2D eigenvalue weighted by Crippen LogP contribution is 2.37. The van der Waals surface area contributed by atoms with Crippen LogP contribution in [0.4, 0.5) is 4.39 Å². The largest absolute Gasteiger partial charge is 0.493 e. The molecule has 0 saturated carbocycles. The molecule has 140 valence electrons. The van der Waals surface area contributed by atoms with E-state index in [4.69, 9.17) is 21.1 Å². The molecule has 3 nitrogen and oxygen atoms in total. The van der Waals surface area contributed by atoms with Crippen molar-refractivity contribution in [2.24, 2.45) is 0 Å². The van der Waals surface area contributed by atoms with Crippen molar-refractivity contribution in [3.63, 3.8) is 0 Å². The third-order valence-electron chi connectivity index (χ3n) is 4.12. The molecule has 0 bridgehead atoms. The van der Waals surface area contributed by atoms with Crippen molar-refractivity contribution < 1.29 is 13.9 Å². The van der Waals surface area contributed by atoms with E-state index in [0.717, 1.165) is 12.1 Å². The molecule has 27 heavy (non-hydrogen) atoms. The van der Waals surface area contributed by atoms with Gasteiger partial charge in [0.2, 0.25) is 0 Å². The first-order valence-corrected chi connectivity index (χ1v) is 9.02. The summed E-state index contributed by atoms with van der Waals surface area (Å²) in [5.41, 5.74) is 2.65. The molecule has 0 aliphatic heterocycles. The maximum atomic E-state index is 13.8. The normalized spacial score (nSPS) is 10.6. The number of methoxy groups -OCH3 is 1. The van der Waals surface area contributed by atoms with Crippen LogP contribution in [0.1, 0.15) is 16.7 Å². The lowest BCUT2D eigenvalue weighted by Gasteiger charge is -2.15. The molecule has 0 spiro atoms. The topological polar surface area (TPSA) is 30.5 Å². The Morgan fingerprint density at radius 1 is 0.926 bits per heavy atom. The Balaban J connectivity index is 1.66. The molecule has 0 unspecified atom stereocenters. The highest BCUT2D eigenvalue weighted by atomic mass is 35.5. The van der Waals surface area contributed by atoms with Crippen LogP contribution >= 0.6 is 11.6 Å². The van der Waals surface area contributed by atoms with E-state index in [9.17, 15) is 4.39 Å². The SMILES string of the molecule is COc1cc(CNCc2ccccc2)cc(Cl)c1OCc1ccccc1F. The summed E-state index contributed by atoms with van der Waals surface area (Å²) in [6.07, 6.45) is 0. The van der Waals surface area contributed by atoms with Gasteiger partial charge in [-0.15, -0.1) is 0 Å². The molecule has 0 amide bonds. The number of hydrogen-bond donors (Lipinski definition) is 1. The van der Waals surface area contributed by atoms with E-state index in [0.29, 0.717) is 28.6 Å². The summed E-state index contributed by atoms with van der Waals surface area (Å²) in [6, 6.07) is 20.4. The fourth-order valence-corrected chi connectivity index (χ4v) is 3.02. The lowest BCUT2D eigenvalue weighted by atomic mass is 10.1. The van der Waals surface area contributed by atoms with Gasteiger partial charge in [-0.3, -0.25) is 0 Å². The quantitative estimate of drug-likeness (QED) is 0.566. The average molecular weight is 386 g/mol. The minimum absolute atomic E-state index is 0.0777. The zero-order chi connectivity index (χ0) is 19.1. The molecule has 0 aliphatic rings. The average Bonchev–Trinajstić information content (AvgIpc) is 2.69. The summed E-state index contributed by atoms with van der Waals surface area (Å²) in [7, 11) is 1.56. The molecule has 0 atom stereocenters. The van der Waals surface area contributed by atoms with Gasteiger partial charge in [0.25, 0.3) is 0 Å². The third-order valence-corrected chi connectivity index (χ3v) is 4.40. The lowest BCUT2D eigenvalue weighted by Crippen LogP contribution is -2.12. The van der Waals surface area contributed by atoms with Crippen molar-refractivity contribution in [2.75, 3.05) is 7.11 Å². The Morgan fingerprint density at radius 2 is 1.63 bits per heavy atom. The van der Waals surface area contributed by atoms with Crippen molar-refractivity contribution in [1.29, 1.82) is 0 Å². The van der Waals surface area contributed by atoms with Crippen molar-refractivity contribution in [3.8, 4) is 11.5 Å². The molecule has 1 N–H and O–H groups in total. The number of ether oxygens (including phenoxy) is 2. The van der Waals surface area contributed by atoms with Gasteiger partial charge in [-0.25, -0.2) is 4.39 Å². The molecular formula is C22H21ClFNO2. The van der Waals surface area contributed by atoms with Gasteiger partial charge in [-0.1, -0.05) is 60.1 Å². The zero-order valence-electron chi connectivity index (χ0n) is 15.0. The molecule has 5 heteroatoms. The van der Waals surface area contributed by atoms with E-state index in [1.54, 1.807) is 25.3 Å². The second-order valence-corrected chi connectivity index (χ2v) is 6.49. The van der Waals surface area contributed by atoms with Crippen LogP contribution in [0.2, 0.25) is 5.02 Å². The Hall–Kier alpha value is -2.56. The van der Waals surface area contributed by atoms with Crippen molar-refractivity contribution >= 4 is 11.6 Å². The van der Waals surface area contributed by atoms with E-state index in [1.807, 2.05) is 30.3 Å². The molecule has 3 rings (SSSR count). The highest BCUT2D eigenvalue weighted by molar-refractivity contribution is 6.32. The minimum atomic E-state index is -0.311. The molecule has 0 aliphatic carbocycles. The lowest BCUT2D eigenvalue weighted by molar-refractivity contribution is 0.279. The number of rotatable bonds is 8. The van der Waals surface area contributed by atoms with Gasteiger partial charge >= 0.3 is 0 Å². The number of hydrogen-bond acceptors (Lipinski definition) is 3. The van der Waals surface area contributed by atoms with Gasteiger partial charge in [0.1, 0.15) is 12.4 Å². The molecule has 3 aromatic rings. The predicted octanol–water partition coefficient (Wildman–Crippen LogP) is 5.36. The van der Waals surface area contributed by atoms with Crippen LogP contribution in [0, 0.1) is 5.82 Å². The molecule has 3 aromatic carbocycles. The summed E-state index contributed by atoms with van der Waals surface area (Å²) < 4.78 is 24.9. The Morgan fingerprint density at radius 3 is 2.37 bits per heavy atom. The van der Waals surface area contributed by atoms with Crippen LogP contribution in [-0.2, 0) is 19.7 Å². The number of benzene rings is 3. The summed E-state index contributed by atoms with van der Waals surface area (Å²) >= 11 is 6.39. The van der Waals surface area contributed by atoms with Crippen LogP contribution in [0.3, 0.4) is 0 Å². The van der Waals surface area contributed by atoms with E-state index < -0.39 is 0 Å².